The maximum absolute atomic E-state index is 13.9. The summed E-state index contributed by atoms with van der Waals surface area (Å²) in [4.78, 5) is 53.0. The number of amidine groups is 1. The molecule has 0 spiro atoms. The third-order valence-electron chi connectivity index (χ3n) is 9.80. The molecule has 6 rings (SSSR count). The number of ether oxygens (including phenoxy) is 1. The van der Waals surface area contributed by atoms with Crippen LogP contribution >= 0.6 is 24.2 Å². The minimum Gasteiger partial charge on any atom is -0.454 e. The van der Waals surface area contributed by atoms with Crippen LogP contribution in [-0.2, 0) is 14.4 Å². The number of para-hydroxylation sites is 2. The zero-order valence-electron chi connectivity index (χ0n) is 27.4. The maximum atomic E-state index is 13.9. The summed E-state index contributed by atoms with van der Waals surface area (Å²) in [6.07, 6.45) is 3.41. The van der Waals surface area contributed by atoms with E-state index in [0.717, 1.165) is 75.5 Å². The quantitative estimate of drug-likeness (QED) is 0.346. The molecule has 4 aliphatic rings. The van der Waals surface area contributed by atoms with E-state index in [0.29, 0.717) is 68.1 Å². The molecule has 2 aromatic carbocycles. The molecule has 3 amide bonds. The number of hydrogen-bond donors (Lipinski definition) is 3. The van der Waals surface area contributed by atoms with Gasteiger partial charge in [-0.2, -0.15) is 12.6 Å². The number of amides is 3. The summed E-state index contributed by atoms with van der Waals surface area (Å²) in [6, 6.07) is 13.3. The summed E-state index contributed by atoms with van der Waals surface area (Å²) < 4.78 is 6.22. The Balaban J connectivity index is 1.00. The number of rotatable bonds is 9. The number of carbonyl (C=O) groups excluding carboxylic acids is 3. The van der Waals surface area contributed by atoms with Crippen LogP contribution in [0.15, 0.2) is 47.5 Å². The lowest BCUT2D eigenvalue weighted by atomic mass is 9.77. The molecule has 2 N–H and O–H groups in total. The van der Waals surface area contributed by atoms with Gasteiger partial charge in [-0.1, -0.05) is 36.6 Å². The van der Waals surface area contributed by atoms with E-state index in [9.17, 15) is 14.4 Å². The van der Waals surface area contributed by atoms with Gasteiger partial charge in [-0.3, -0.25) is 24.2 Å². The molecule has 2 saturated heterocycles. The molecule has 2 atom stereocenters. The van der Waals surface area contributed by atoms with Crippen molar-refractivity contribution in [2.45, 2.75) is 25.7 Å². The molecule has 3 heterocycles. The summed E-state index contributed by atoms with van der Waals surface area (Å²) in [6.45, 7) is 8.02. The van der Waals surface area contributed by atoms with Crippen molar-refractivity contribution in [1.82, 2.24) is 30.2 Å². The van der Waals surface area contributed by atoms with E-state index in [1.807, 2.05) is 47.4 Å². The van der Waals surface area contributed by atoms with Gasteiger partial charge in [0.25, 0.3) is 0 Å². The number of halogens is 1. The second kappa shape index (κ2) is 16.4. The fourth-order valence-corrected chi connectivity index (χ4v) is 7.43. The summed E-state index contributed by atoms with van der Waals surface area (Å²) in [5.74, 6) is 2.33. The molecule has 0 aromatic heterocycles. The lowest BCUT2D eigenvalue weighted by Crippen LogP contribution is -2.54. The van der Waals surface area contributed by atoms with Crippen LogP contribution in [0.25, 0.3) is 0 Å². The molecular weight excluding hydrogens is 650 g/mol. The van der Waals surface area contributed by atoms with E-state index >= 15 is 0 Å². The molecule has 48 heavy (non-hydrogen) atoms. The molecule has 1 aliphatic carbocycles. The molecule has 258 valence electrons. The van der Waals surface area contributed by atoms with E-state index in [4.69, 9.17) is 21.3 Å². The number of piperazine rings is 2. The number of hydrogen-bond acceptors (Lipinski definition) is 9. The first-order valence-corrected chi connectivity index (χ1v) is 18.2. The van der Waals surface area contributed by atoms with E-state index in [-0.39, 0.29) is 29.6 Å². The van der Waals surface area contributed by atoms with Crippen molar-refractivity contribution in [2.75, 3.05) is 84.3 Å². The van der Waals surface area contributed by atoms with Gasteiger partial charge >= 0.3 is 0 Å². The largest absolute Gasteiger partial charge is 0.454 e. The van der Waals surface area contributed by atoms with Crippen LogP contribution < -0.4 is 15.4 Å². The van der Waals surface area contributed by atoms with Gasteiger partial charge in [0, 0.05) is 94.6 Å². The Labute approximate surface area is 293 Å². The van der Waals surface area contributed by atoms with Gasteiger partial charge in [0.1, 0.15) is 17.3 Å². The Kier molecular flexibility index (Phi) is 11.8. The van der Waals surface area contributed by atoms with Crippen LogP contribution in [-0.4, -0.2) is 127 Å². The van der Waals surface area contributed by atoms with Crippen molar-refractivity contribution in [3.63, 3.8) is 0 Å². The average Bonchev–Trinajstić information content (AvgIpc) is 3.28. The molecule has 0 bridgehead atoms. The molecule has 1 saturated carbocycles. The SMILES string of the molecule is O=C(CN1CCN(CCNC(=O)C2CCCC[C@@H]2C(=O)N2CCN(C3=Nc4ccccc4Oc4ccc(Cl)cc43)CC2)CC1)NCCS. The number of carbonyl (C=O) groups is 3. The molecular formula is C35H46ClN7O4S. The highest BCUT2D eigenvalue weighted by atomic mass is 35.5. The van der Waals surface area contributed by atoms with Crippen LogP contribution in [0.4, 0.5) is 5.69 Å². The fourth-order valence-electron chi connectivity index (χ4n) is 7.14. The average molecular weight is 696 g/mol. The number of benzene rings is 2. The Bertz CT molecular complexity index is 1490. The van der Waals surface area contributed by atoms with Crippen LogP contribution in [0.5, 0.6) is 11.5 Å². The third-order valence-corrected chi connectivity index (χ3v) is 10.3. The minimum atomic E-state index is -0.300. The van der Waals surface area contributed by atoms with E-state index in [1.165, 1.54) is 0 Å². The smallest absolute Gasteiger partial charge is 0.234 e. The van der Waals surface area contributed by atoms with Gasteiger partial charge in [0.15, 0.2) is 5.75 Å². The van der Waals surface area contributed by atoms with Gasteiger partial charge < -0.3 is 25.2 Å². The second-order valence-corrected chi connectivity index (χ2v) is 13.8. The number of aliphatic imine (C=N–C) groups is 1. The molecule has 3 fully saturated rings. The normalized spacial score (nSPS) is 21.7. The van der Waals surface area contributed by atoms with Crippen LogP contribution in [0.3, 0.4) is 0 Å². The number of thiol groups is 1. The van der Waals surface area contributed by atoms with Crippen LogP contribution in [0, 0.1) is 11.8 Å². The molecule has 0 radical (unpaired) electrons. The van der Waals surface area contributed by atoms with Crippen molar-refractivity contribution in [3.8, 4) is 11.5 Å². The number of fused-ring (bicyclic) bond motifs is 2. The number of nitrogens with one attached hydrogen (secondary N) is 2. The van der Waals surface area contributed by atoms with Gasteiger partial charge in [-0.05, 0) is 43.2 Å². The van der Waals surface area contributed by atoms with Crippen molar-refractivity contribution >= 4 is 53.5 Å². The monoisotopic (exact) mass is 695 g/mol. The predicted octanol–water partition coefficient (Wildman–Crippen LogP) is 3.25. The summed E-state index contributed by atoms with van der Waals surface area (Å²) in [7, 11) is 0. The van der Waals surface area contributed by atoms with Crippen molar-refractivity contribution in [3.05, 3.63) is 53.1 Å². The van der Waals surface area contributed by atoms with Gasteiger partial charge in [0.2, 0.25) is 17.7 Å². The van der Waals surface area contributed by atoms with E-state index in [1.54, 1.807) is 0 Å². The molecule has 3 aliphatic heterocycles. The van der Waals surface area contributed by atoms with Crippen LogP contribution in [0.2, 0.25) is 5.02 Å². The fraction of sp³-hybridized carbons (Fsp3) is 0.543. The molecule has 13 heteroatoms. The zero-order chi connectivity index (χ0) is 33.5. The predicted molar refractivity (Wildman–Crippen MR) is 191 cm³/mol. The number of nitrogens with zero attached hydrogens (tertiary/aromatic N) is 5. The van der Waals surface area contributed by atoms with Crippen LogP contribution in [0.1, 0.15) is 31.2 Å². The Hall–Kier alpha value is -3.32. The first-order valence-electron chi connectivity index (χ1n) is 17.2. The van der Waals surface area contributed by atoms with E-state index in [2.05, 4.69) is 38.0 Å². The molecule has 11 nitrogen and oxygen atoms in total. The van der Waals surface area contributed by atoms with Gasteiger partial charge in [-0.15, -0.1) is 0 Å². The summed E-state index contributed by atoms with van der Waals surface area (Å²) in [5.41, 5.74) is 1.58. The van der Waals surface area contributed by atoms with E-state index < -0.39 is 0 Å². The Morgan fingerprint density at radius 2 is 1.58 bits per heavy atom. The summed E-state index contributed by atoms with van der Waals surface area (Å²) >= 11 is 10.5. The van der Waals surface area contributed by atoms with Crippen molar-refractivity contribution < 1.29 is 19.1 Å². The highest BCUT2D eigenvalue weighted by molar-refractivity contribution is 7.80. The van der Waals surface area contributed by atoms with Crippen molar-refractivity contribution in [2.24, 2.45) is 16.8 Å². The third kappa shape index (κ3) is 8.45. The minimum absolute atomic E-state index is 0.00820. The topological polar surface area (TPSA) is 110 Å². The molecule has 1 unspecified atom stereocenters. The molecule has 2 aromatic rings. The van der Waals surface area contributed by atoms with Crippen molar-refractivity contribution in [1.29, 1.82) is 0 Å². The maximum Gasteiger partial charge on any atom is 0.234 e. The first kappa shape index (κ1) is 34.5. The standard InChI is InChI=1S/C35H46ClN7O4S/c36-25-9-10-30-28(23-25)33(39-29-7-3-4-8-31(29)47-30)42-18-20-43(21-19-42)35(46)27-6-2-1-5-26(27)34(45)38-11-13-40-14-16-41(17-15-40)24-32(44)37-12-22-48/h3-4,7-10,23,26-27,48H,1-2,5-6,11-22,24H2,(H,37,44)(H,38,45)/t26?,27-/m0/s1. The highest BCUT2D eigenvalue weighted by Crippen LogP contribution is 2.39. The Morgan fingerprint density at radius 1 is 0.854 bits per heavy atom. The summed E-state index contributed by atoms with van der Waals surface area (Å²) in [5, 5.41) is 6.62. The lowest BCUT2D eigenvalue weighted by Gasteiger charge is -2.40. The highest BCUT2D eigenvalue weighted by Gasteiger charge is 2.39. The Morgan fingerprint density at radius 3 is 2.35 bits per heavy atom. The van der Waals surface area contributed by atoms with Gasteiger partial charge in [0.05, 0.1) is 12.1 Å². The second-order valence-electron chi connectivity index (χ2n) is 12.9. The zero-order valence-corrected chi connectivity index (χ0v) is 29.1. The lowest BCUT2D eigenvalue weighted by molar-refractivity contribution is -0.144. The first-order chi connectivity index (χ1) is 23.4. The van der Waals surface area contributed by atoms with Gasteiger partial charge in [-0.25, -0.2) is 4.99 Å².